The first-order valence-electron chi connectivity index (χ1n) is 10.3. The summed E-state index contributed by atoms with van der Waals surface area (Å²) < 4.78 is 27.2. The van der Waals surface area contributed by atoms with Gasteiger partial charge in [0.15, 0.2) is 0 Å². The largest absolute Gasteiger partial charge is 0.353 e. The summed E-state index contributed by atoms with van der Waals surface area (Å²) in [7, 11) is -3.47. The van der Waals surface area contributed by atoms with E-state index in [2.05, 4.69) is 26.7 Å². The van der Waals surface area contributed by atoms with Crippen molar-refractivity contribution in [2.24, 2.45) is 0 Å². The van der Waals surface area contributed by atoms with Crippen LogP contribution in [0, 0.1) is 6.92 Å². The van der Waals surface area contributed by atoms with Gasteiger partial charge in [-0.1, -0.05) is 36.4 Å². The Morgan fingerprint density at radius 2 is 1.75 bits per heavy atom. The number of sulfonamides is 1. The number of benzene rings is 1. The third-order valence-electron chi connectivity index (χ3n) is 5.44. The normalized spacial score (nSPS) is 15.7. The molecule has 0 unspecified atom stereocenters. The Hall–Kier alpha value is -2.59. The average molecular weight is 483 g/mol. The van der Waals surface area contributed by atoms with Crippen LogP contribution in [0.2, 0.25) is 0 Å². The van der Waals surface area contributed by atoms with Crippen LogP contribution in [0.25, 0.3) is 26.7 Å². The Kier molecular flexibility index (Phi) is 5.81. The first kappa shape index (κ1) is 21.3. The molecule has 9 heteroatoms. The number of nitrogens with zero attached hydrogens (tertiary/aromatic N) is 4. The molecule has 1 aromatic carbocycles. The maximum absolute atomic E-state index is 12.8. The highest BCUT2D eigenvalue weighted by molar-refractivity contribution is 7.92. The molecule has 1 fully saturated rings. The van der Waals surface area contributed by atoms with Gasteiger partial charge in [0.25, 0.3) is 0 Å². The van der Waals surface area contributed by atoms with Gasteiger partial charge < -0.3 is 4.90 Å². The van der Waals surface area contributed by atoms with E-state index in [1.165, 1.54) is 10.3 Å². The predicted octanol–water partition coefficient (Wildman–Crippen LogP) is 4.85. The van der Waals surface area contributed by atoms with Gasteiger partial charge in [0.05, 0.1) is 5.39 Å². The molecule has 0 N–H and O–H groups in total. The van der Waals surface area contributed by atoms with Gasteiger partial charge in [0.1, 0.15) is 16.5 Å². The lowest BCUT2D eigenvalue weighted by Crippen LogP contribution is -2.48. The van der Waals surface area contributed by atoms with Gasteiger partial charge >= 0.3 is 0 Å². The molecule has 0 radical (unpaired) electrons. The zero-order chi connectivity index (χ0) is 22.1. The van der Waals surface area contributed by atoms with Crippen LogP contribution in [0.3, 0.4) is 0 Å². The molecule has 6 nitrogen and oxygen atoms in total. The van der Waals surface area contributed by atoms with Gasteiger partial charge in [-0.3, -0.25) is 0 Å². The second-order valence-corrected chi connectivity index (χ2v) is 11.2. The zero-order valence-electron chi connectivity index (χ0n) is 17.5. The summed E-state index contributed by atoms with van der Waals surface area (Å²) in [6.45, 7) is 3.92. The van der Waals surface area contributed by atoms with E-state index in [9.17, 15) is 8.42 Å². The van der Waals surface area contributed by atoms with Crippen molar-refractivity contribution in [3.63, 3.8) is 0 Å². The molecule has 4 heterocycles. The first-order valence-corrected chi connectivity index (χ1v) is 13.6. The summed E-state index contributed by atoms with van der Waals surface area (Å²) in [5.41, 5.74) is 2.02. The van der Waals surface area contributed by atoms with Crippen molar-refractivity contribution < 1.29 is 8.42 Å². The summed E-state index contributed by atoms with van der Waals surface area (Å²) in [6, 6.07) is 13.6. The van der Waals surface area contributed by atoms with Gasteiger partial charge in [-0.2, -0.15) is 4.31 Å². The summed E-state index contributed by atoms with van der Waals surface area (Å²) in [5, 5.41) is 6.57. The quantitative estimate of drug-likeness (QED) is 0.407. The van der Waals surface area contributed by atoms with Crippen LogP contribution in [0.1, 0.15) is 11.4 Å². The highest BCUT2D eigenvalue weighted by Crippen LogP contribution is 2.40. The number of hydrogen-bond acceptors (Lipinski definition) is 7. The highest BCUT2D eigenvalue weighted by atomic mass is 32.2. The lowest BCUT2D eigenvalue weighted by Gasteiger charge is -2.34. The standard InChI is InChI=1S/C23H22N4O2S3/c1-17-24-22(21-19(16-31-23(21)25-17)20-8-5-14-30-20)26-10-12-27(13-11-26)32(28,29)15-9-18-6-3-2-4-7-18/h2-9,14-16H,10-13H2,1H3/b15-9+. The van der Waals surface area contributed by atoms with Crippen LogP contribution in [0.4, 0.5) is 5.82 Å². The van der Waals surface area contributed by atoms with Crippen LogP contribution < -0.4 is 4.90 Å². The van der Waals surface area contributed by atoms with Crippen molar-refractivity contribution in [3.8, 4) is 10.4 Å². The summed E-state index contributed by atoms with van der Waals surface area (Å²) in [4.78, 5) is 13.8. The van der Waals surface area contributed by atoms with Crippen molar-refractivity contribution in [1.82, 2.24) is 14.3 Å². The molecule has 1 saturated heterocycles. The number of hydrogen-bond donors (Lipinski definition) is 0. The van der Waals surface area contributed by atoms with Gasteiger partial charge in [-0.05, 0) is 30.0 Å². The number of aromatic nitrogens is 2. The minimum Gasteiger partial charge on any atom is -0.353 e. The van der Waals surface area contributed by atoms with Crippen molar-refractivity contribution in [2.75, 3.05) is 31.1 Å². The maximum atomic E-state index is 12.8. The lowest BCUT2D eigenvalue weighted by molar-refractivity contribution is 0.389. The molecule has 4 aromatic rings. The molecule has 5 rings (SSSR count). The van der Waals surface area contributed by atoms with Crippen molar-refractivity contribution >= 4 is 54.8 Å². The molecule has 164 valence electrons. The van der Waals surface area contributed by atoms with E-state index in [1.807, 2.05) is 43.3 Å². The van der Waals surface area contributed by atoms with E-state index in [4.69, 9.17) is 4.98 Å². The Bertz CT molecular complexity index is 1360. The Morgan fingerprint density at radius 1 is 0.969 bits per heavy atom. The lowest BCUT2D eigenvalue weighted by atomic mass is 10.2. The highest BCUT2D eigenvalue weighted by Gasteiger charge is 2.28. The molecule has 0 aliphatic carbocycles. The Balaban J connectivity index is 1.39. The summed E-state index contributed by atoms with van der Waals surface area (Å²) in [6.07, 6.45) is 1.65. The smallest absolute Gasteiger partial charge is 0.236 e. The predicted molar refractivity (Wildman–Crippen MR) is 134 cm³/mol. The topological polar surface area (TPSA) is 66.4 Å². The van der Waals surface area contributed by atoms with Crippen molar-refractivity contribution in [3.05, 3.63) is 70.0 Å². The summed E-state index contributed by atoms with van der Waals surface area (Å²) >= 11 is 3.33. The molecule has 0 saturated carbocycles. The maximum Gasteiger partial charge on any atom is 0.236 e. The average Bonchev–Trinajstić information content (AvgIpc) is 3.48. The molecule has 1 aliphatic heterocycles. The van der Waals surface area contributed by atoms with Gasteiger partial charge in [-0.15, -0.1) is 22.7 Å². The SMILES string of the molecule is Cc1nc(N2CCN(S(=O)(=O)/C=C/c3ccccc3)CC2)c2c(-c3cccs3)csc2n1. The number of piperazine rings is 1. The van der Waals surface area contributed by atoms with Crippen LogP contribution in [0.15, 0.2) is 58.6 Å². The molecule has 0 bridgehead atoms. The van der Waals surface area contributed by atoms with Crippen LogP contribution in [-0.4, -0.2) is 48.9 Å². The van der Waals surface area contributed by atoms with Crippen LogP contribution in [-0.2, 0) is 10.0 Å². The van der Waals surface area contributed by atoms with Gasteiger partial charge in [0, 0.05) is 47.4 Å². The van der Waals surface area contributed by atoms with Crippen molar-refractivity contribution in [2.45, 2.75) is 6.92 Å². The minimum atomic E-state index is -3.47. The first-order chi connectivity index (χ1) is 15.5. The second-order valence-electron chi connectivity index (χ2n) is 7.55. The van der Waals surface area contributed by atoms with Crippen LogP contribution >= 0.6 is 22.7 Å². The number of anilines is 1. The van der Waals surface area contributed by atoms with E-state index in [1.54, 1.807) is 33.1 Å². The monoisotopic (exact) mass is 482 g/mol. The second kappa shape index (κ2) is 8.74. The third-order valence-corrected chi connectivity index (χ3v) is 8.78. The fourth-order valence-electron chi connectivity index (χ4n) is 3.84. The molecule has 1 aliphatic rings. The Morgan fingerprint density at radius 3 is 2.47 bits per heavy atom. The zero-order valence-corrected chi connectivity index (χ0v) is 20.0. The number of aryl methyl sites for hydroxylation is 1. The molecule has 32 heavy (non-hydrogen) atoms. The molecular weight excluding hydrogens is 460 g/mol. The fourth-order valence-corrected chi connectivity index (χ4v) is 6.81. The molecular formula is C23H22N4O2S3. The van der Waals surface area contributed by atoms with E-state index >= 15 is 0 Å². The van der Waals surface area contributed by atoms with Crippen LogP contribution in [0.5, 0.6) is 0 Å². The van der Waals surface area contributed by atoms with E-state index in [0.29, 0.717) is 26.2 Å². The molecule has 0 spiro atoms. The number of rotatable bonds is 5. The summed E-state index contributed by atoms with van der Waals surface area (Å²) in [5.74, 6) is 1.63. The van der Waals surface area contributed by atoms with Gasteiger partial charge in [-0.25, -0.2) is 18.4 Å². The van der Waals surface area contributed by atoms with E-state index < -0.39 is 10.0 Å². The van der Waals surface area contributed by atoms with Crippen molar-refractivity contribution in [1.29, 1.82) is 0 Å². The number of fused-ring (bicyclic) bond motifs is 1. The minimum absolute atomic E-state index is 0.421. The molecule has 3 aromatic heterocycles. The Labute approximate surface area is 195 Å². The fraction of sp³-hybridized carbons (Fsp3) is 0.217. The molecule has 0 amide bonds. The third kappa shape index (κ3) is 4.21. The molecule has 0 atom stereocenters. The number of thiophene rings is 2. The van der Waals surface area contributed by atoms with Gasteiger partial charge in [0.2, 0.25) is 10.0 Å². The van der Waals surface area contributed by atoms with E-state index in [0.717, 1.165) is 33.0 Å². The van der Waals surface area contributed by atoms with E-state index in [-0.39, 0.29) is 0 Å².